The first kappa shape index (κ1) is 11.6. The SMILES string of the molecule is CCC(CC)c1nc(C)cc(C(=O)O)n1. The van der Waals surface area contributed by atoms with E-state index in [-0.39, 0.29) is 11.6 Å². The molecule has 0 aliphatic rings. The molecule has 82 valence electrons. The van der Waals surface area contributed by atoms with E-state index in [1.165, 1.54) is 6.07 Å². The lowest BCUT2D eigenvalue weighted by molar-refractivity contribution is 0.0689. The van der Waals surface area contributed by atoms with Crippen LogP contribution in [0.3, 0.4) is 0 Å². The first-order chi connectivity index (χ1) is 7.08. The highest BCUT2D eigenvalue weighted by Crippen LogP contribution is 2.19. The zero-order valence-electron chi connectivity index (χ0n) is 9.32. The molecule has 0 fully saturated rings. The quantitative estimate of drug-likeness (QED) is 0.825. The van der Waals surface area contributed by atoms with E-state index < -0.39 is 5.97 Å². The van der Waals surface area contributed by atoms with Crippen LogP contribution in [0.1, 0.15) is 54.6 Å². The summed E-state index contributed by atoms with van der Waals surface area (Å²) in [4.78, 5) is 19.2. The fourth-order valence-electron chi connectivity index (χ4n) is 1.54. The monoisotopic (exact) mass is 208 g/mol. The zero-order chi connectivity index (χ0) is 11.4. The summed E-state index contributed by atoms with van der Waals surface area (Å²) in [6, 6.07) is 1.49. The predicted octanol–water partition coefficient (Wildman–Crippen LogP) is 2.39. The number of rotatable bonds is 4. The third-order valence-electron chi connectivity index (χ3n) is 2.44. The van der Waals surface area contributed by atoms with Gasteiger partial charge in [-0.3, -0.25) is 0 Å². The molecule has 1 N–H and O–H groups in total. The Kier molecular flexibility index (Phi) is 3.77. The summed E-state index contributed by atoms with van der Waals surface area (Å²) in [6.45, 7) is 5.90. The molecule has 0 saturated carbocycles. The van der Waals surface area contributed by atoms with Crippen molar-refractivity contribution in [1.29, 1.82) is 0 Å². The van der Waals surface area contributed by atoms with Crippen LogP contribution in [0.2, 0.25) is 0 Å². The molecular formula is C11H16N2O2. The third kappa shape index (κ3) is 2.75. The fraction of sp³-hybridized carbons (Fsp3) is 0.545. The van der Waals surface area contributed by atoms with Crippen molar-refractivity contribution < 1.29 is 9.90 Å². The van der Waals surface area contributed by atoms with Gasteiger partial charge in [0.25, 0.3) is 0 Å². The Bertz CT molecular complexity index is 360. The predicted molar refractivity (Wildman–Crippen MR) is 57.1 cm³/mol. The van der Waals surface area contributed by atoms with Crippen LogP contribution in [0.25, 0.3) is 0 Å². The second-order valence-electron chi connectivity index (χ2n) is 3.57. The summed E-state index contributed by atoms with van der Waals surface area (Å²) in [7, 11) is 0. The normalized spacial score (nSPS) is 10.7. The lowest BCUT2D eigenvalue weighted by Gasteiger charge is -2.11. The molecule has 4 heteroatoms. The van der Waals surface area contributed by atoms with E-state index >= 15 is 0 Å². The van der Waals surface area contributed by atoms with Gasteiger partial charge in [-0.2, -0.15) is 0 Å². The van der Waals surface area contributed by atoms with Crippen molar-refractivity contribution in [1.82, 2.24) is 9.97 Å². The van der Waals surface area contributed by atoms with Crippen molar-refractivity contribution in [3.8, 4) is 0 Å². The maximum atomic E-state index is 10.8. The van der Waals surface area contributed by atoms with Crippen LogP contribution >= 0.6 is 0 Å². The molecule has 0 aliphatic heterocycles. The minimum absolute atomic E-state index is 0.0874. The van der Waals surface area contributed by atoms with Crippen molar-refractivity contribution in [2.75, 3.05) is 0 Å². The lowest BCUT2D eigenvalue weighted by Crippen LogP contribution is -2.09. The smallest absolute Gasteiger partial charge is 0.354 e. The van der Waals surface area contributed by atoms with Crippen molar-refractivity contribution in [3.05, 3.63) is 23.3 Å². The Labute approximate surface area is 89.4 Å². The van der Waals surface area contributed by atoms with Gasteiger partial charge in [0, 0.05) is 11.6 Å². The van der Waals surface area contributed by atoms with Gasteiger partial charge in [0.15, 0.2) is 5.69 Å². The molecule has 0 saturated heterocycles. The van der Waals surface area contributed by atoms with Crippen molar-refractivity contribution in [2.45, 2.75) is 39.5 Å². The highest BCUT2D eigenvalue weighted by Gasteiger charge is 2.14. The van der Waals surface area contributed by atoms with Crippen LogP contribution in [-0.2, 0) is 0 Å². The molecule has 1 rings (SSSR count). The standard InChI is InChI=1S/C11H16N2O2/c1-4-8(5-2)10-12-7(3)6-9(13-10)11(14)15/h6,8H,4-5H2,1-3H3,(H,14,15). The minimum Gasteiger partial charge on any atom is -0.477 e. The Morgan fingerprint density at radius 2 is 2.00 bits per heavy atom. The number of aromatic nitrogens is 2. The van der Waals surface area contributed by atoms with Gasteiger partial charge in [-0.25, -0.2) is 14.8 Å². The lowest BCUT2D eigenvalue weighted by atomic mass is 10.0. The molecule has 0 bridgehead atoms. The number of nitrogens with zero attached hydrogens (tertiary/aromatic N) is 2. The van der Waals surface area contributed by atoms with Crippen LogP contribution in [0.4, 0.5) is 0 Å². The molecule has 0 spiro atoms. The van der Waals surface area contributed by atoms with Gasteiger partial charge in [0.05, 0.1) is 0 Å². The van der Waals surface area contributed by atoms with Crippen LogP contribution in [0.15, 0.2) is 6.07 Å². The van der Waals surface area contributed by atoms with Crippen molar-refractivity contribution >= 4 is 5.97 Å². The van der Waals surface area contributed by atoms with Gasteiger partial charge in [-0.1, -0.05) is 13.8 Å². The van der Waals surface area contributed by atoms with Gasteiger partial charge in [-0.15, -0.1) is 0 Å². The summed E-state index contributed by atoms with van der Waals surface area (Å²) in [6.07, 6.45) is 1.86. The molecule has 0 radical (unpaired) electrons. The maximum absolute atomic E-state index is 10.8. The van der Waals surface area contributed by atoms with Gasteiger partial charge in [0.2, 0.25) is 0 Å². The topological polar surface area (TPSA) is 63.1 Å². The van der Waals surface area contributed by atoms with Crippen molar-refractivity contribution in [2.24, 2.45) is 0 Å². The average molecular weight is 208 g/mol. The van der Waals surface area contributed by atoms with Gasteiger partial charge >= 0.3 is 5.97 Å². The first-order valence-corrected chi connectivity index (χ1v) is 5.17. The molecule has 1 aromatic heterocycles. The molecule has 15 heavy (non-hydrogen) atoms. The molecule has 0 atom stereocenters. The van der Waals surface area contributed by atoms with Gasteiger partial charge in [0.1, 0.15) is 5.82 Å². The summed E-state index contributed by atoms with van der Waals surface area (Å²) < 4.78 is 0. The molecular weight excluding hydrogens is 192 g/mol. The Balaban J connectivity index is 3.13. The highest BCUT2D eigenvalue weighted by atomic mass is 16.4. The first-order valence-electron chi connectivity index (χ1n) is 5.17. The second-order valence-corrected chi connectivity index (χ2v) is 3.57. The van der Waals surface area contributed by atoms with Crippen LogP contribution in [0.5, 0.6) is 0 Å². The molecule has 0 aliphatic carbocycles. The Morgan fingerprint density at radius 1 is 1.40 bits per heavy atom. The van der Waals surface area contributed by atoms with Crippen molar-refractivity contribution in [3.63, 3.8) is 0 Å². The van der Waals surface area contributed by atoms with E-state index in [0.29, 0.717) is 11.5 Å². The number of carboxylic acid groups (broad SMARTS) is 1. The molecule has 0 unspecified atom stereocenters. The third-order valence-corrected chi connectivity index (χ3v) is 2.44. The summed E-state index contributed by atoms with van der Waals surface area (Å²) in [5.74, 6) is -0.0897. The van der Waals surface area contributed by atoms with Gasteiger partial charge < -0.3 is 5.11 Å². The van der Waals surface area contributed by atoms with Crippen LogP contribution < -0.4 is 0 Å². The largest absolute Gasteiger partial charge is 0.477 e. The average Bonchev–Trinajstić information content (AvgIpc) is 2.18. The number of aromatic carboxylic acids is 1. The van der Waals surface area contributed by atoms with Gasteiger partial charge in [-0.05, 0) is 25.8 Å². The summed E-state index contributed by atoms with van der Waals surface area (Å²) in [5, 5.41) is 8.87. The maximum Gasteiger partial charge on any atom is 0.354 e. The number of carboxylic acids is 1. The number of hydrogen-bond donors (Lipinski definition) is 1. The fourth-order valence-corrected chi connectivity index (χ4v) is 1.54. The summed E-state index contributed by atoms with van der Waals surface area (Å²) in [5.41, 5.74) is 0.800. The van der Waals surface area contributed by atoms with Crippen LogP contribution in [0, 0.1) is 6.92 Å². The van der Waals surface area contributed by atoms with E-state index in [9.17, 15) is 4.79 Å². The summed E-state index contributed by atoms with van der Waals surface area (Å²) >= 11 is 0. The minimum atomic E-state index is -0.993. The number of hydrogen-bond acceptors (Lipinski definition) is 3. The van der Waals surface area contributed by atoms with E-state index in [1.807, 2.05) is 0 Å². The molecule has 0 amide bonds. The zero-order valence-corrected chi connectivity index (χ0v) is 9.32. The second kappa shape index (κ2) is 4.87. The number of carbonyl (C=O) groups is 1. The number of aryl methyl sites for hydroxylation is 1. The molecule has 4 nitrogen and oxygen atoms in total. The van der Waals surface area contributed by atoms with E-state index in [0.717, 1.165) is 12.8 Å². The molecule has 0 aromatic carbocycles. The molecule has 1 aromatic rings. The Morgan fingerprint density at radius 3 is 2.47 bits per heavy atom. The van der Waals surface area contributed by atoms with E-state index in [1.54, 1.807) is 6.92 Å². The van der Waals surface area contributed by atoms with E-state index in [2.05, 4.69) is 23.8 Å². The van der Waals surface area contributed by atoms with E-state index in [4.69, 9.17) is 5.11 Å². The van der Waals surface area contributed by atoms with Crippen LogP contribution in [-0.4, -0.2) is 21.0 Å². The highest BCUT2D eigenvalue weighted by molar-refractivity contribution is 5.85. The Hall–Kier alpha value is -1.45. The molecule has 1 heterocycles.